The molecule has 1 aliphatic rings. The summed E-state index contributed by atoms with van der Waals surface area (Å²) < 4.78 is 5.48. The molecule has 1 rings (SSSR count). The smallest absolute Gasteiger partial charge is 0.193 e. The fourth-order valence-corrected chi connectivity index (χ4v) is 2.89. The van der Waals surface area contributed by atoms with E-state index < -0.39 is 0 Å². The first-order chi connectivity index (χ1) is 11.1. The van der Waals surface area contributed by atoms with Crippen molar-refractivity contribution < 1.29 is 4.74 Å². The average molecular weight is 325 g/mol. The van der Waals surface area contributed by atoms with Crippen LogP contribution in [0.1, 0.15) is 33.6 Å². The summed E-state index contributed by atoms with van der Waals surface area (Å²) in [5.41, 5.74) is 0. The SMILES string of the molecule is C=CCCCN(C)C(=NCC(C(C)C)N1CCOCC1)NCC. The van der Waals surface area contributed by atoms with Gasteiger partial charge < -0.3 is 15.0 Å². The van der Waals surface area contributed by atoms with Crippen molar-refractivity contribution in [1.82, 2.24) is 15.1 Å². The van der Waals surface area contributed by atoms with Gasteiger partial charge in [-0.05, 0) is 25.7 Å². The molecule has 134 valence electrons. The van der Waals surface area contributed by atoms with Crippen molar-refractivity contribution in [2.24, 2.45) is 10.9 Å². The van der Waals surface area contributed by atoms with Crippen LogP contribution in [0.5, 0.6) is 0 Å². The number of morpholine rings is 1. The molecule has 0 aromatic rings. The van der Waals surface area contributed by atoms with Crippen LogP contribution in [0.4, 0.5) is 0 Å². The van der Waals surface area contributed by atoms with Crippen molar-refractivity contribution in [2.45, 2.75) is 39.7 Å². The van der Waals surface area contributed by atoms with Gasteiger partial charge in [0.15, 0.2) is 5.96 Å². The lowest BCUT2D eigenvalue weighted by atomic mass is 10.0. The predicted molar refractivity (Wildman–Crippen MR) is 99.1 cm³/mol. The summed E-state index contributed by atoms with van der Waals surface area (Å²) in [4.78, 5) is 9.66. The van der Waals surface area contributed by atoms with Gasteiger partial charge in [0, 0.05) is 39.3 Å². The first-order valence-electron chi connectivity index (χ1n) is 9.02. The molecular formula is C18H36N4O. The zero-order chi connectivity index (χ0) is 17.1. The van der Waals surface area contributed by atoms with Crippen LogP contribution in [0.15, 0.2) is 17.6 Å². The molecule has 0 amide bonds. The Bertz CT molecular complexity index is 351. The second-order valence-electron chi connectivity index (χ2n) is 6.51. The Kier molecular flexibility index (Phi) is 9.96. The van der Waals surface area contributed by atoms with Crippen molar-refractivity contribution in [1.29, 1.82) is 0 Å². The number of nitrogens with zero attached hydrogens (tertiary/aromatic N) is 3. The number of hydrogen-bond acceptors (Lipinski definition) is 3. The number of aliphatic imine (C=N–C) groups is 1. The molecule has 0 aromatic carbocycles. The first-order valence-corrected chi connectivity index (χ1v) is 9.02. The van der Waals surface area contributed by atoms with E-state index in [1.807, 2.05) is 6.08 Å². The molecule has 0 bridgehead atoms. The standard InChI is InChI=1S/C18H36N4O/c1-6-8-9-10-21(5)18(19-7-2)20-15-17(16(3)4)22-11-13-23-14-12-22/h6,16-17H,1,7-15H2,2-5H3,(H,19,20). The van der Waals surface area contributed by atoms with Crippen LogP contribution in [-0.4, -0.2) is 74.8 Å². The molecular weight excluding hydrogens is 288 g/mol. The van der Waals surface area contributed by atoms with Crippen LogP contribution >= 0.6 is 0 Å². The maximum Gasteiger partial charge on any atom is 0.193 e. The minimum atomic E-state index is 0.481. The Morgan fingerprint density at radius 3 is 2.65 bits per heavy atom. The second-order valence-corrected chi connectivity index (χ2v) is 6.51. The molecule has 23 heavy (non-hydrogen) atoms. The van der Waals surface area contributed by atoms with Crippen LogP contribution in [-0.2, 0) is 4.74 Å². The van der Waals surface area contributed by atoms with Crippen molar-refractivity contribution in [2.75, 3.05) is 53.0 Å². The lowest BCUT2D eigenvalue weighted by Crippen LogP contribution is -2.48. The average Bonchev–Trinajstić information content (AvgIpc) is 2.55. The Morgan fingerprint density at radius 1 is 1.39 bits per heavy atom. The van der Waals surface area contributed by atoms with Gasteiger partial charge in [0.25, 0.3) is 0 Å². The van der Waals surface area contributed by atoms with Crippen molar-refractivity contribution in [3.05, 3.63) is 12.7 Å². The zero-order valence-corrected chi connectivity index (χ0v) is 15.6. The maximum atomic E-state index is 5.48. The van der Waals surface area contributed by atoms with Gasteiger partial charge in [0.1, 0.15) is 0 Å². The number of unbranched alkanes of at least 4 members (excludes halogenated alkanes) is 1. The molecule has 0 aliphatic carbocycles. The topological polar surface area (TPSA) is 40.1 Å². The number of ether oxygens (including phenoxy) is 1. The maximum absolute atomic E-state index is 5.48. The molecule has 1 saturated heterocycles. The highest BCUT2D eigenvalue weighted by Crippen LogP contribution is 2.13. The van der Waals surface area contributed by atoms with E-state index in [2.05, 4.69) is 49.5 Å². The molecule has 0 saturated carbocycles. The van der Waals surface area contributed by atoms with E-state index in [1.165, 1.54) is 0 Å². The van der Waals surface area contributed by atoms with Crippen LogP contribution in [0, 0.1) is 5.92 Å². The molecule has 0 radical (unpaired) electrons. The van der Waals surface area contributed by atoms with E-state index >= 15 is 0 Å². The molecule has 1 N–H and O–H groups in total. The number of guanidine groups is 1. The summed E-state index contributed by atoms with van der Waals surface area (Å²) in [6.45, 7) is 16.9. The fourth-order valence-electron chi connectivity index (χ4n) is 2.89. The van der Waals surface area contributed by atoms with E-state index in [0.717, 1.165) is 64.7 Å². The van der Waals surface area contributed by atoms with Crippen LogP contribution in [0.3, 0.4) is 0 Å². The summed E-state index contributed by atoms with van der Waals surface area (Å²) in [5.74, 6) is 1.60. The fraction of sp³-hybridized carbons (Fsp3) is 0.833. The van der Waals surface area contributed by atoms with Gasteiger partial charge in [0.05, 0.1) is 19.8 Å². The largest absolute Gasteiger partial charge is 0.379 e. The van der Waals surface area contributed by atoms with Gasteiger partial charge >= 0.3 is 0 Å². The van der Waals surface area contributed by atoms with Crippen molar-refractivity contribution >= 4 is 5.96 Å². The molecule has 5 heteroatoms. The molecule has 1 unspecified atom stereocenters. The van der Waals surface area contributed by atoms with Gasteiger partial charge in [0.2, 0.25) is 0 Å². The lowest BCUT2D eigenvalue weighted by molar-refractivity contribution is 0.00863. The van der Waals surface area contributed by atoms with Gasteiger partial charge in [-0.2, -0.15) is 0 Å². The minimum absolute atomic E-state index is 0.481. The quantitative estimate of drug-likeness (QED) is 0.305. The highest BCUT2D eigenvalue weighted by atomic mass is 16.5. The molecule has 1 heterocycles. The van der Waals surface area contributed by atoms with Crippen molar-refractivity contribution in [3.63, 3.8) is 0 Å². The Balaban J connectivity index is 2.65. The molecule has 1 aliphatic heterocycles. The Hall–Kier alpha value is -1.07. The summed E-state index contributed by atoms with van der Waals surface area (Å²) >= 11 is 0. The van der Waals surface area contributed by atoms with Crippen LogP contribution < -0.4 is 5.32 Å². The summed E-state index contributed by atoms with van der Waals surface area (Å²) in [6, 6.07) is 0.481. The summed E-state index contributed by atoms with van der Waals surface area (Å²) in [6.07, 6.45) is 4.14. The number of allylic oxidation sites excluding steroid dienone is 1. The number of hydrogen-bond donors (Lipinski definition) is 1. The van der Waals surface area contributed by atoms with Crippen LogP contribution in [0.25, 0.3) is 0 Å². The molecule has 5 nitrogen and oxygen atoms in total. The summed E-state index contributed by atoms with van der Waals surface area (Å²) in [7, 11) is 2.11. The predicted octanol–water partition coefficient (Wildman–Crippen LogP) is 2.21. The summed E-state index contributed by atoms with van der Waals surface area (Å²) in [5, 5.41) is 3.41. The van der Waals surface area contributed by atoms with E-state index in [4.69, 9.17) is 9.73 Å². The van der Waals surface area contributed by atoms with Gasteiger partial charge in [-0.1, -0.05) is 19.9 Å². The van der Waals surface area contributed by atoms with E-state index in [1.54, 1.807) is 0 Å². The lowest BCUT2D eigenvalue weighted by Gasteiger charge is -2.36. The van der Waals surface area contributed by atoms with Crippen molar-refractivity contribution in [3.8, 4) is 0 Å². The van der Waals surface area contributed by atoms with Gasteiger partial charge in [-0.25, -0.2) is 0 Å². The van der Waals surface area contributed by atoms with E-state index in [0.29, 0.717) is 12.0 Å². The number of rotatable bonds is 9. The third kappa shape index (κ3) is 7.36. The highest BCUT2D eigenvalue weighted by Gasteiger charge is 2.23. The second kappa shape index (κ2) is 11.5. The van der Waals surface area contributed by atoms with E-state index in [-0.39, 0.29) is 0 Å². The Labute approximate surface area is 142 Å². The first kappa shape index (κ1) is 20.0. The third-order valence-corrected chi connectivity index (χ3v) is 4.31. The normalized spacial score (nSPS) is 18.0. The van der Waals surface area contributed by atoms with E-state index in [9.17, 15) is 0 Å². The Morgan fingerprint density at radius 2 is 2.09 bits per heavy atom. The minimum Gasteiger partial charge on any atom is -0.379 e. The zero-order valence-electron chi connectivity index (χ0n) is 15.6. The molecule has 0 spiro atoms. The van der Waals surface area contributed by atoms with Crippen LogP contribution in [0.2, 0.25) is 0 Å². The third-order valence-electron chi connectivity index (χ3n) is 4.31. The number of nitrogens with one attached hydrogen (secondary N) is 1. The molecule has 0 aromatic heterocycles. The molecule has 1 fully saturated rings. The highest BCUT2D eigenvalue weighted by molar-refractivity contribution is 5.79. The molecule has 1 atom stereocenters. The monoisotopic (exact) mass is 324 g/mol. The van der Waals surface area contributed by atoms with Gasteiger partial charge in [-0.15, -0.1) is 6.58 Å². The van der Waals surface area contributed by atoms with Gasteiger partial charge in [-0.3, -0.25) is 9.89 Å².